The van der Waals surface area contributed by atoms with Gasteiger partial charge < -0.3 is 10.6 Å². The van der Waals surface area contributed by atoms with Crippen LogP contribution in [0.4, 0.5) is 11.6 Å². The molecular formula is C14H17N5. The normalized spacial score (nSPS) is 18.5. The van der Waals surface area contributed by atoms with Gasteiger partial charge in [0.15, 0.2) is 0 Å². The number of pyridine rings is 1. The summed E-state index contributed by atoms with van der Waals surface area (Å²) >= 11 is 0. The molecule has 0 aliphatic carbocycles. The summed E-state index contributed by atoms with van der Waals surface area (Å²) < 4.78 is 0. The van der Waals surface area contributed by atoms with E-state index in [1.165, 1.54) is 0 Å². The minimum Gasteiger partial charge on any atom is -0.325 e. The molecule has 1 fully saturated rings. The minimum absolute atomic E-state index is 0.421. The van der Waals surface area contributed by atoms with Gasteiger partial charge in [0, 0.05) is 30.4 Å². The topological polar surface area (TPSA) is 62.7 Å². The number of hydrogen-bond acceptors (Lipinski definition) is 5. The first kappa shape index (κ1) is 12.0. The third kappa shape index (κ3) is 2.88. The van der Waals surface area contributed by atoms with Crippen molar-refractivity contribution >= 4 is 11.6 Å². The fraction of sp³-hybridized carbons (Fsp3) is 0.357. The van der Waals surface area contributed by atoms with Crippen LogP contribution in [0, 0.1) is 6.92 Å². The molecule has 1 atom stereocenters. The van der Waals surface area contributed by atoms with Crippen LogP contribution in [0.1, 0.15) is 23.9 Å². The van der Waals surface area contributed by atoms with Gasteiger partial charge in [-0.2, -0.15) is 0 Å². The summed E-state index contributed by atoms with van der Waals surface area (Å²) in [6.45, 7) is 4.01. The SMILES string of the molecule is Cc1cc(Nc2ccccn2)nc([C@@H]2CCNC2)n1. The van der Waals surface area contributed by atoms with Gasteiger partial charge in [0.05, 0.1) is 0 Å². The van der Waals surface area contributed by atoms with Crippen molar-refractivity contribution in [1.82, 2.24) is 20.3 Å². The van der Waals surface area contributed by atoms with E-state index in [-0.39, 0.29) is 0 Å². The van der Waals surface area contributed by atoms with E-state index in [1.54, 1.807) is 6.20 Å². The van der Waals surface area contributed by atoms with Gasteiger partial charge in [-0.15, -0.1) is 0 Å². The van der Waals surface area contributed by atoms with E-state index in [1.807, 2.05) is 31.2 Å². The third-order valence-corrected chi connectivity index (χ3v) is 3.22. The number of aryl methyl sites for hydroxylation is 1. The summed E-state index contributed by atoms with van der Waals surface area (Å²) in [4.78, 5) is 13.4. The van der Waals surface area contributed by atoms with Crippen LogP contribution >= 0.6 is 0 Å². The molecule has 2 N–H and O–H groups in total. The van der Waals surface area contributed by atoms with E-state index < -0.39 is 0 Å². The van der Waals surface area contributed by atoms with Crippen LogP contribution < -0.4 is 10.6 Å². The molecule has 5 heteroatoms. The lowest BCUT2D eigenvalue weighted by molar-refractivity contribution is 0.698. The van der Waals surface area contributed by atoms with Crippen LogP contribution in [-0.2, 0) is 0 Å². The highest BCUT2D eigenvalue weighted by molar-refractivity contribution is 5.51. The minimum atomic E-state index is 0.421. The van der Waals surface area contributed by atoms with Crippen LogP contribution in [0.25, 0.3) is 0 Å². The molecule has 0 amide bonds. The Kier molecular flexibility index (Phi) is 3.37. The smallest absolute Gasteiger partial charge is 0.135 e. The van der Waals surface area contributed by atoms with Gasteiger partial charge in [-0.25, -0.2) is 15.0 Å². The summed E-state index contributed by atoms with van der Waals surface area (Å²) in [5.41, 5.74) is 0.982. The second-order valence-corrected chi connectivity index (χ2v) is 4.78. The van der Waals surface area contributed by atoms with Gasteiger partial charge >= 0.3 is 0 Å². The Morgan fingerprint density at radius 1 is 1.26 bits per heavy atom. The van der Waals surface area contributed by atoms with Gasteiger partial charge in [-0.1, -0.05) is 6.07 Å². The van der Waals surface area contributed by atoms with E-state index in [4.69, 9.17) is 0 Å². The zero-order chi connectivity index (χ0) is 13.1. The lowest BCUT2D eigenvalue weighted by atomic mass is 10.1. The zero-order valence-electron chi connectivity index (χ0n) is 10.9. The van der Waals surface area contributed by atoms with Crippen molar-refractivity contribution in [1.29, 1.82) is 0 Å². The predicted octanol–water partition coefficient (Wildman–Crippen LogP) is 2.00. The molecule has 0 saturated carbocycles. The molecule has 19 heavy (non-hydrogen) atoms. The standard InChI is InChI=1S/C14H17N5/c1-10-8-13(18-12-4-2-3-6-16-12)19-14(17-10)11-5-7-15-9-11/h2-4,6,8,11,15H,5,7,9H2,1H3,(H,16,17,18,19)/t11-/m1/s1. The molecular weight excluding hydrogens is 238 g/mol. The Morgan fingerprint density at radius 3 is 2.95 bits per heavy atom. The highest BCUT2D eigenvalue weighted by atomic mass is 15.1. The summed E-state index contributed by atoms with van der Waals surface area (Å²) in [6, 6.07) is 7.71. The summed E-state index contributed by atoms with van der Waals surface area (Å²) in [6.07, 6.45) is 2.87. The van der Waals surface area contributed by atoms with E-state index in [2.05, 4.69) is 25.6 Å². The molecule has 0 bridgehead atoms. The fourth-order valence-electron chi connectivity index (χ4n) is 2.28. The Morgan fingerprint density at radius 2 is 2.21 bits per heavy atom. The van der Waals surface area contributed by atoms with Gasteiger partial charge in [-0.3, -0.25) is 0 Å². The van der Waals surface area contributed by atoms with Crippen molar-refractivity contribution in [3.05, 3.63) is 42.0 Å². The monoisotopic (exact) mass is 255 g/mol. The molecule has 0 spiro atoms. The predicted molar refractivity (Wildman–Crippen MR) is 74.5 cm³/mol. The number of nitrogens with one attached hydrogen (secondary N) is 2. The lowest BCUT2D eigenvalue weighted by Crippen LogP contribution is -2.11. The second-order valence-electron chi connectivity index (χ2n) is 4.78. The van der Waals surface area contributed by atoms with Crippen LogP contribution in [0.3, 0.4) is 0 Å². The van der Waals surface area contributed by atoms with Gasteiger partial charge in [-0.05, 0) is 32.0 Å². The van der Waals surface area contributed by atoms with Crippen molar-refractivity contribution in [2.24, 2.45) is 0 Å². The van der Waals surface area contributed by atoms with E-state index in [0.29, 0.717) is 5.92 Å². The van der Waals surface area contributed by atoms with Crippen molar-refractivity contribution in [2.75, 3.05) is 18.4 Å². The summed E-state index contributed by atoms with van der Waals surface area (Å²) in [5.74, 6) is 2.96. The van der Waals surface area contributed by atoms with Gasteiger partial charge in [0.1, 0.15) is 17.5 Å². The number of hydrogen-bond donors (Lipinski definition) is 2. The average Bonchev–Trinajstić information content (AvgIpc) is 2.93. The largest absolute Gasteiger partial charge is 0.325 e. The quantitative estimate of drug-likeness (QED) is 0.878. The first-order valence-electron chi connectivity index (χ1n) is 6.55. The summed E-state index contributed by atoms with van der Waals surface area (Å²) in [5, 5.41) is 6.57. The molecule has 2 aromatic rings. The number of nitrogens with zero attached hydrogens (tertiary/aromatic N) is 3. The van der Waals surface area contributed by atoms with E-state index in [0.717, 1.165) is 42.7 Å². The van der Waals surface area contributed by atoms with Crippen LogP contribution in [-0.4, -0.2) is 28.0 Å². The fourth-order valence-corrected chi connectivity index (χ4v) is 2.28. The van der Waals surface area contributed by atoms with Crippen molar-refractivity contribution in [2.45, 2.75) is 19.3 Å². The zero-order valence-corrected chi connectivity index (χ0v) is 10.9. The molecule has 2 aromatic heterocycles. The van der Waals surface area contributed by atoms with E-state index >= 15 is 0 Å². The molecule has 1 aliphatic rings. The van der Waals surface area contributed by atoms with Crippen LogP contribution in [0.15, 0.2) is 30.5 Å². The van der Waals surface area contributed by atoms with Crippen molar-refractivity contribution < 1.29 is 0 Å². The van der Waals surface area contributed by atoms with Crippen LogP contribution in [0.2, 0.25) is 0 Å². The van der Waals surface area contributed by atoms with Crippen molar-refractivity contribution in [3.8, 4) is 0 Å². The molecule has 3 heterocycles. The van der Waals surface area contributed by atoms with Crippen molar-refractivity contribution in [3.63, 3.8) is 0 Å². The molecule has 1 aliphatic heterocycles. The highest BCUT2D eigenvalue weighted by Crippen LogP contribution is 2.21. The van der Waals surface area contributed by atoms with Gasteiger partial charge in [0.25, 0.3) is 0 Å². The average molecular weight is 255 g/mol. The highest BCUT2D eigenvalue weighted by Gasteiger charge is 2.20. The molecule has 5 nitrogen and oxygen atoms in total. The Hall–Kier alpha value is -2.01. The molecule has 0 unspecified atom stereocenters. The first-order chi connectivity index (χ1) is 9.31. The lowest BCUT2D eigenvalue weighted by Gasteiger charge is -2.11. The van der Waals surface area contributed by atoms with E-state index in [9.17, 15) is 0 Å². The first-order valence-corrected chi connectivity index (χ1v) is 6.55. The maximum atomic E-state index is 4.61. The number of aromatic nitrogens is 3. The second kappa shape index (κ2) is 5.32. The van der Waals surface area contributed by atoms with Gasteiger partial charge in [0.2, 0.25) is 0 Å². The van der Waals surface area contributed by atoms with Crippen LogP contribution in [0.5, 0.6) is 0 Å². The molecule has 1 saturated heterocycles. The Balaban J connectivity index is 1.85. The number of rotatable bonds is 3. The summed E-state index contributed by atoms with van der Waals surface area (Å²) in [7, 11) is 0. The number of anilines is 2. The molecule has 0 aromatic carbocycles. The Labute approximate surface area is 112 Å². The maximum Gasteiger partial charge on any atom is 0.135 e. The third-order valence-electron chi connectivity index (χ3n) is 3.22. The maximum absolute atomic E-state index is 4.61. The molecule has 3 rings (SSSR count). The Bertz CT molecular complexity index is 549. The molecule has 0 radical (unpaired) electrons. The molecule has 98 valence electrons.